The van der Waals surface area contributed by atoms with Gasteiger partial charge < -0.3 is 4.90 Å². The summed E-state index contributed by atoms with van der Waals surface area (Å²) in [5.41, 5.74) is 4.43. The van der Waals surface area contributed by atoms with Crippen LogP contribution in [-0.4, -0.2) is 33.7 Å². The Balaban J connectivity index is 1.89. The number of carbonyl (C=O) groups is 3. The molecule has 1 N–H and O–H groups in total. The molecule has 0 saturated carbocycles. The minimum atomic E-state index is -0.594. The highest BCUT2D eigenvalue weighted by atomic mass is 16.2. The van der Waals surface area contributed by atoms with E-state index in [0.29, 0.717) is 17.6 Å². The van der Waals surface area contributed by atoms with Crippen molar-refractivity contribution in [2.45, 2.75) is 25.6 Å². The van der Waals surface area contributed by atoms with Gasteiger partial charge in [-0.2, -0.15) is 0 Å². The number of allylic oxidation sites excluding steroid dienone is 2. The van der Waals surface area contributed by atoms with Gasteiger partial charge >= 0.3 is 0 Å². The molecule has 2 aliphatic heterocycles. The quantitative estimate of drug-likeness (QED) is 0.850. The van der Waals surface area contributed by atoms with E-state index in [2.05, 4.69) is 5.43 Å². The Labute approximate surface area is 133 Å². The van der Waals surface area contributed by atoms with E-state index in [0.717, 1.165) is 5.56 Å². The average Bonchev–Trinajstić information content (AvgIpc) is 2.85. The van der Waals surface area contributed by atoms with Crippen molar-refractivity contribution >= 4 is 17.7 Å². The summed E-state index contributed by atoms with van der Waals surface area (Å²) in [6.07, 6.45) is 5.48. The topological polar surface area (TPSA) is 69.7 Å². The zero-order valence-electron chi connectivity index (χ0n) is 12.5. The fourth-order valence-corrected chi connectivity index (χ4v) is 3.52. The summed E-state index contributed by atoms with van der Waals surface area (Å²) in [6.45, 7) is 1.35. The number of carbonyl (C=O) groups excluding carboxylic acids is 3. The van der Waals surface area contributed by atoms with Crippen LogP contribution in [0.4, 0.5) is 0 Å². The number of amides is 3. The number of hydrogen-bond acceptors (Lipinski definition) is 3. The number of fused-ring (bicyclic) bond motifs is 5. The summed E-state index contributed by atoms with van der Waals surface area (Å²) in [7, 11) is 0. The van der Waals surface area contributed by atoms with Crippen molar-refractivity contribution in [1.29, 1.82) is 0 Å². The van der Waals surface area contributed by atoms with Gasteiger partial charge in [0.05, 0.1) is 6.04 Å². The molecule has 3 aliphatic rings. The van der Waals surface area contributed by atoms with Gasteiger partial charge in [0.25, 0.3) is 11.8 Å². The van der Waals surface area contributed by atoms with Gasteiger partial charge in [-0.25, -0.2) is 5.01 Å². The second-order valence-electron chi connectivity index (χ2n) is 5.82. The van der Waals surface area contributed by atoms with Crippen LogP contribution in [0.2, 0.25) is 0 Å². The standard InChI is InChI=1S/C17H15N3O3/c1-10(21)18-20-15-11-6-2-3-7-12(11)16(22)19(15)14-9-5-4-8-13(14)17(20)23/h2-8,14-15H,9H2,1H3,(H,18,21). The molecule has 1 saturated heterocycles. The first-order valence-electron chi connectivity index (χ1n) is 7.48. The van der Waals surface area contributed by atoms with Crippen LogP contribution < -0.4 is 5.43 Å². The summed E-state index contributed by atoms with van der Waals surface area (Å²) in [5.74, 6) is -0.722. The second kappa shape index (κ2) is 4.81. The predicted octanol–water partition coefficient (Wildman–Crippen LogP) is 1.29. The third kappa shape index (κ3) is 1.84. The minimum Gasteiger partial charge on any atom is -0.305 e. The highest BCUT2D eigenvalue weighted by molar-refractivity contribution is 6.05. The summed E-state index contributed by atoms with van der Waals surface area (Å²) in [4.78, 5) is 38.9. The van der Waals surface area contributed by atoms with E-state index in [4.69, 9.17) is 0 Å². The van der Waals surface area contributed by atoms with E-state index in [-0.39, 0.29) is 23.8 Å². The van der Waals surface area contributed by atoms with Crippen molar-refractivity contribution in [3.8, 4) is 0 Å². The van der Waals surface area contributed by atoms with E-state index in [9.17, 15) is 14.4 Å². The predicted molar refractivity (Wildman–Crippen MR) is 81.6 cm³/mol. The third-order valence-electron chi connectivity index (χ3n) is 4.42. The number of nitrogens with zero attached hydrogens (tertiary/aromatic N) is 2. The number of benzene rings is 1. The van der Waals surface area contributed by atoms with Gasteiger partial charge in [0.15, 0.2) is 6.17 Å². The van der Waals surface area contributed by atoms with Gasteiger partial charge in [-0.15, -0.1) is 0 Å². The Morgan fingerprint density at radius 1 is 1.22 bits per heavy atom. The Kier molecular flexibility index (Phi) is 2.87. The smallest absolute Gasteiger partial charge is 0.272 e. The van der Waals surface area contributed by atoms with Gasteiger partial charge in [0.1, 0.15) is 0 Å². The molecule has 3 amide bonds. The maximum atomic E-state index is 12.8. The van der Waals surface area contributed by atoms with Crippen molar-refractivity contribution in [1.82, 2.24) is 15.3 Å². The van der Waals surface area contributed by atoms with Crippen LogP contribution >= 0.6 is 0 Å². The first-order valence-corrected chi connectivity index (χ1v) is 7.48. The zero-order valence-corrected chi connectivity index (χ0v) is 12.5. The molecule has 2 heterocycles. The lowest BCUT2D eigenvalue weighted by Crippen LogP contribution is -2.60. The molecule has 2 unspecified atom stereocenters. The number of hydrazine groups is 1. The number of nitrogens with one attached hydrogen (secondary N) is 1. The lowest BCUT2D eigenvalue weighted by atomic mass is 9.93. The van der Waals surface area contributed by atoms with Gasteiger partial charge in [0, 0.05) is 23.6 Å². The van der Waals surface area contributed by atoms with Gasteiger partial charge in [-0.05, 0) is 12.5 Å². The maximum absolute atomic E-state index is 12.8. The molecule has 2 atom stereocenters. The number of rotatable bonds is 1. The molecule has 0 aromatic heterocycles. The summed E-state index contributed by atoms with van der Waals surface area (Å²) in [5, 5.41) is 1.27. The van der Waals surface area contributed by atoms with Crippen molar-refractivity contribution < 1.29 is 14.4 Å². The molecule has 6 heteroatoms. The molecule has 23 heavy (non-hydrogen) atoms. The Morgan fingerprint density at radius 2 is 2.00 bits per heavy atom. The van der Waals surface area contributed by atoms with Crippen molar-refractivity contribution in [3.05, 3.63) is 59.2 Å². The highest BCUT2D eigenvalue weighted by Gasteiger charge is 2.51. The molecule has 0 radical (unpaired) electrons. The molecule has 6 nitrogen and oxygen atoms in total. The van der Waals surface area contributed by atoms with Gasteiger partial charge in [0.2, 0.25) is 5.91 Å². The molecule has 4 rings (SSSR count). The third-order valence-corrected chi connectivity index (χ3v) is 4.42. The van der Waals surface area contributed by atoms with Crippen LogP contribution in [0.15, 0.2) is 48.1 Å². The molecular weight excluding hydrogens is 294 g/mol. The molecule has 0 spiro atoms. The van der Waals surface area contributed by atoms with Crippen LogP contribution in [0, 0.1) is 0 Å². The molecular formula is C17H15N3O3. The monoisotopic (exact) mass is 309 g/mol. The molecule has 1 fully saturated rings. The lowest BCUT2D eigenvalue weighted by molar-refractivity contribution is -0.150. The van der Waals surface area contributed by atoms with E-state index in [1.807, 2.05) is 24.3 Å². The fraction of sp³-hybridized carbons (Fsp3) is 0.235. The van der Waals surface area contributed by atoms with Crippen LogP contribution in [0.5, 0.6) is 0 Å². The van der Waals surface area contributed by atoms with Crippen LogP contribution in [0.1, 0.15) is 35.4 Å². The minimum absolute atomic E-state index is 0.111. The molecule has 0 bridgehead atoms. The first kappa shape index (κ1) is 13.8. The first-order chi connectivity index (χ1) is 11.1. The Hall–Kier alpha value is -2.89. The fourth-order valence-electron chi connectivity index (χ4n) is 3.52. The van der Waals surface area contributed by atoms with Crippen molar-refractivity contribution in [3.63, 3.8) is 0 Å². The molecule has 1 aromatic carbocycles. The normalized spacial score (nSPS) is 24.8. The summed E-state index contributed by atoms with van der Waals surface area (Å²) in [6, 6.07) is 6.93. The van der Waals surface area contributed by atoms with E-state index < -0.39 is 6.17 Å². The molecule has 1 aliphatic carbocycles. The lowest BCUT2D eigenvalue weighted by Gasteiger charge is -2.45. The van der Waals surface area contributed by atoms with E-state index in [1.54, 1.807) is 23.1 Å². The average molecular weight is 309 g/mol. The zero-order chi connectivity index (χ0) is 16.1. The van der Waals surface area contributed by atoms with E-state index in [1.165, 1.54) is 11.9 Å². The van der Waals surface area contributed by atoms with Crippen LogP contribution in [0.3, 0.4) is 0 Å². The highest BCUT2D eigenvalue weighted by Crippen LogP contribution is 2.43. The maximum Gasteiger partial charge on any atom is 0.272 e. The van der Waals surface area contributed by atoms with Gasteiger partial charge in [-0.3, -0.25) is 19.8 Å². The summed E-state index contributed by atoms with van der Waals surface area (Å²) < 4.78 is 0. The Morgan fingerprint density at radius 3 is 2.78 bits per heavy atom. The van der Waals surface area contributed by atoms with Crippen molar-refractivity contribution in [2.75, 3.05) is 0 Å². The van der Waals surface area contributed by atoms with Crippen LogP contribution in [-0.2, 0) is 9.59 Å². The Bertz CT molecular complexity index is 796. The van der Waals surface area contributed by atoms with E-state index >= 15 is 0 Å². The largest absolute Gasteiger partial charge is 0.305 e. The van der Waals surface area contributed by atoms with Crippen molar-refractivity contribution in [2.24, 2.45) is 0 Å². The summed E-state index contributed by atoms with van der Waals surface area (Å²) >= 11 is 0. The van der Waals surface area contributed by atoms with Crippen LogP contribution in [0.25, 0.3) is 0 Å². The second-order valence-corrected chi connectivity index (χ2v) is 5.82. The SMILES string of the molecule is CC(=O)NN1C(=O)C2=CC=CCC2N2C(=O)c3ccccc3C12. The molecule has 1 aromatic rings. The number of hydrogen-bond donors (Lipinski definition) is 1. The molecule has 116 valence electrons. The van der Waals surface area contributed by atoms with Gasteiger partial charge in [-0.1, -0.05) is 36.4 Å².